The first-order valence-electron chi connectivity index (χ1n) is 4.84. The van der Waals surface area contributed by atoms with Gasteiger partial charge >= 0.3 is 0 Å². The van der Waals surface area contributed by atoms with Gasteiger partial charge in [0, 0.05) is 11.8 Å². The number of nitriles is 1. The normalized spacial score (nSPS) is 11.1. The number of hydrogen-bond acceptors (Lipinski definition) is 5. The van der Waals surface area contributed by atoms with Crippen molar-refractivity contribution in [1.82, 2.24) is 9.97 Å². The van der Waals surface area contributed by atoms with Crippen molar-refractivity contribution in [3.63, 3.8) is 0 Å². The lowest BCUT2D eigenvalue weighted by atomic mass is 9.93. The monoisotopic (exact) mass is 238 g/mol. The second-order valence-electron chi connectivity index (χ2n) is 4.07. The second kappa shape index (κ2) is 5.03. The molecule has 0 unspecified atom stereocenters. The van der Waals surface area contributed by atoms with Crippen LogP contribution in [0.5, 0.6) is 0 Å². The smallest absolute Gasteiger partial charge is 0.253 e. The molecule has 5 nitrogen and oxygen atoms in total. The van der Waals surface area contributed by atoms with E-state index in [9.17, 15) is 4.79 Å². The summed E-state index contributed by atoms with van der Waals surface area (Å²) in [4.78, 5) is 17.7. The highest BCUT2D eigenvalue weighted by Crippen LogP contribution is 2.23. The Bertz CT molecular complexity index is 461. The predicted octanol–water partition coefficient (Wildman–Crippen LogP) is 1.38. The van der Waals surface area contributed by atoms with Gasteiger partial charge in [0.2, 0.25) is 0 Å². The highest BCUT2D eigenvalue weighted by atomic mass is 32.2. The average Bonchev–Trinajstić information content (AvgIpc) is 2.16. The first-order valence-corrected chi connectivity index (χ1v) is 5.82. The van der Waals surface area contributed by atoms with Gasteiger partial charge in [0.1, 0.15) is 5.82 Å². The molecule has 1 rings (SSSR count). The number of hydrogen-bond donors (Lipinski definition) is 2. The maximum Gasteiger partial charge on any atom is 0.253 e. The lowest BCUT2D eigenvalue weighted by molar-refractivity contribution is 0.482. The third-order valence-corrected chi connectivity index (χ3v) is 2.88. The van der Waals surface area contributed by atoms with Gasteiger partial charge in [0.25, 0.3) is 5.56 Å². The lowest BCUT2D eigenvalue weighted by Crippen LogP contribution is -2.11. The molecule has 0 amide bonds. The van der Waals surface area contributed by atoms with Crippen LogP contribution in [0.2, 0.25) is 0 Å². The second-order valence-corrected chi connectivity index (χ2v) is 5.15. The van der Waals surface area contributed by atoms with E-state index >= 15 is 0 Å². The van der Waals surface area contributed by atoms with E-state index in [2.05, 4.69) is 16.0 Å². The standard InChI is InChI=1S/C10H14N4OS/c1-10(2,6-11)3-4-16-9-13-7(12)5-8(15)14-9/h5H,3-4H2,1-2H3,(H3,12,13,14,15). The van der Waals surface area contributed by atoms with Crippen LogP contribution in [0.1, 0.15) is 20.3 Å². The Kier molecular flexibility index (Phi) is 3.96. The number of aromatic amines is 1. The summed E-state index contributed by atoms with van der Waals surface area (Å²) in [6, 6.07) is 3.46. The van der Waals surface area contributed by atoms with E-state index in [1.54, 1.807) is 0 Å². The molecular formula is C10H14N4OS. The molecule has 0 fully saturated rings. The van der Waals surface area contributed by atoms with E-state index in [-0.39, 0.29) is 16.8 Å². The molecule has 0 spiro atoms. The molecule has 0 aliphatic rings. The number of anilines is 1. The summed E-state index contributed by atoms with van der Waals surface area (Å²) in [7, 11) is 0. The lowest BCUT2D eigenvalue weighted by Gasteiger charge is -2.13. The molecule has 0 bridgehead atoms. The Labute approximate surface area is 98.1 Å². The molecule has 86 valence electrons. The number of rotatable bonds is 4. The fourth-order valence-electron chi connectivity index (χ4n) is 0.980. The Morgan fingerprint density at radius 2 is 2.38 bits per heavy atom. The van der Waals surface area contributed by atoms with Gasteiger partial charge in [0.15, 0.2) is 5.16 Å². The van der Waals surface area contributed by atoms with E-state index in [1.165, 1.54) is 17.8 Å². The zero-order valence-corrected chi connectivity index (χ0v) is 10.1. The molecule has 6 heteroatoms. The Hall–Kier alpha value is -1.48. The first kappa shape index (κ1) is 12.6. The zero-order chi connectivity index (χ0) is 12.2. The van der Waals surface area contributed by atoms with Gasteiger partial charge in [-0.1, -0.05) is 11.8 Å². The number of nitrogens with two attached hydrogens (primary N) is 1. The van der Waals surface area contributed by atoms with E-state index < -0.39 is 0 Å². The van der Waals surface area contributed by atoms with Gasteiger partial charge < -0.3 is 10.7 Å². The van der Waals surface area contributed by atoms with Crippen molar-refractivity contribution in [3.05, 3.63) is 16.4 Å². The fourth-order valence-corrected chi connectivity index (χ4v) is 2.13. The highest BCUT2D eigenvalue weighted by molar-refractivity contribution is 7.99. The third kappa shape index (κ3) is 3.95. The third-order valence-electron chi connectivity index (χ3n) is 2.01. The van der Waals surface area contributed by atoms with Crippen LogP contribution in [0, 0.1) is 16.7 Å². The molecule has 1 heterocycles. The molecule has 0 radical (unpaired) electrons. The number of nitrogen functional groups attached to an aromatic ring is 1. The number of H-pyrrole nitrogens is 1. The van der Waals surface area contributed by atoms with Gasteiger partial charge in [-0.3, -0.25) is 4.79 Å². The van der Waals surface area contributed by atoms with Crippen molar-refractivity contribution < 1.29 is 0 Å². The summed E-state index contributed by atoms with van der Waals surface area (Å²) in [5, 5.41) is 9.33. The average molecular weight is 238 g/mol. The number of nitrogens with zero attached hydrogens (tertiary/aromatic N) is 2. The van der Waals surface area contributed by atoms with Crippen molar-refractivity contribution in [2.75, 3.05) is 11.5 Å². The van der Waals surface area contributed by atoms with Gasteiger partial charge in [-0.15, -0.1) is 0 Å². The molecule has 0 aliphatic heterocycles. The zero-order valence-electron chi connectivity index (χ0n) is 9.28. The fraction of sp³-hybridized carbons (Fsp3) is 0.500. The molecule has 1 aromatic rings. The number of nitrogens with one attached hydrogen (secondary N) is 1. The van der Waals surface area contributed by atoms with Gasteiger partial charge in [-0.25, -0.2) is 4.98 Å². The van der Waals surface area contributed by atoms with Crippen LogP contribution in [-0.2, 0) is 0 Å². The van der Waals surface area contributed by atoms with Gasteiger partial charge in [-0.2, -0.15) is 5.26 Å². The van der Waals surface area contributed by atoms with E-state index in [1.807, 2.05) is 13.8 Å². The molecule has 0 aromatic carbocycles. The first-order chi connectivity index (χ1) is 7.43. The molecule has 1 aromatic heterocycles. The van der Waals surface area contributed by atoms with Crippen LogP contribution in [0.4, 0.5) is 5.82 Å². The maximum atomic E-state index is 11.1. The molecular weight excluding hydrogens is 224 g/mol. The van der Waals surface area contributed by atoms with Crippen LogP contribution in [0.3, 0.4) is 0 Å². The Morgan fingerprint density at radius 3 is 2.94 bits per heavy atom. The van der Waals surface area contributed by atoms with Crippen LogP contribution in [0.25, 0.3) is 0 Å². The number of aromatic nitrogens is 2. The molecule has 0 saturated heterocycles. The highest BCUT2D eigenvalue weighted by Gasteiger charge is 2.16. The minimum Gasteiger partial charge on any atom is -0.383 e. The van der Waals surface area contributed by atoms with Crippen LogP contribution in [-0.4, -0.2) is 15.7 Å². The Morgan fingerprint density at radius 1 is 1.69 bits per heavy atom. The predicted molar refractivity (Wildman–Crippen MR) is 64.0 cm³/mol. The quantitative estimate of drug-likeness (QED) is 0.610. The van der Waals surface area contributed by atoms with Crippen LogP contribution < -0.4 is 11.3 Å². The molecule has 16 heavy (non-hydrogen) atoms. The van der Waals surface area contributed by atoms with Gasteiger partial charge in [-0.05, 0) is 20.3 Å². The largest absolute Gasteiger partial charge is 0.383 e. The van der Waals surface area contributed by atoms with E-state index in [4.69, 9.17) is 11.0 Å². The van der Waals surface area contributed by atoms with Crippen LogP contribution >= 0.6 is 11.8 Å². The van der Waals surface area contributed by atoms with Crippen molar-refractivity contribution >= 4 is 17.6 Å². The van der Waals surface area contributed by atoms with E-state index in [0.717, 1.165) is 6.42 Å². The summed E-state index contributed by atoms with van der Waals surface area (Å²) in [5.41, 5.74) is 4.84. The minimum absolute atomic E-state index is 0.214. The summed E-state index contributed by atoms with van der Waals surface area (Å²) in [6.07, 6.45) is 0.729. The SMILES string of the molecule is CC(C)(C#N)CCSc1nc(N)cc(=O)[nH]1. The van der Waals surface area contributed by atoms with Gasteiger partial charge in [0.05, 0.1) is 11.5 Å². The molecule has 0 saturated carbocycles. The maximum absolute atomic E-state index is 11.1. The van der Waals surface area contributed by atoms with Crippen molar-refractivity contribution in [2.45, 2.75) is 25.4 Å². The van der Waals surface area contributed by atoms with Crippen molar-refractivity contribution in [2.24, 2.45) is 5.41 Å². The summed E-state index contributed by atoms with van der Waals surface area (Å²) in [6.45, 7) is 3.76. The van der Waals surface area contributed by atoms with Crippen LogP contribution in [0.15, 0.2) is 16.0 Å². The van der Waals surface area contributed by atoms with Crippen molar-refractivity contribution in [3.8, 4) is 6.07 Å². The van der Waals surface area contributed by atoms with Crippen molar-refractivity contribution in [1.29, 1.82) is 5.26 Å². The van der Waals surface area contributed by atoms with E-state index in [0.29, 0.717) is 10.9 Å². The minimum atomic E-state index is -0.354. The topological polar surface area (TPSA) is 95.6 Å². The molecule has 0 atom stereocenters. The number of thioether (sulfide) groups is 1. The Balaban J connectivity index is 2.56. The summed E-state index contributed by atoms with van der Waals surface area (Å²) < 4.78 is 0. The summed E-state index contributed by atoms with van der Waals surface area (Å²) >= 11 is 1.39. The summed E-state index contributed by atoms with van der Waals surface area (Å²) in [5.74, 6) is 0.929. The molecule has 0 aliphatic carbocycles. The molecule has 3 N–H and O–H groups in total.